The van der Waals surface area contributed by atoms with Crippen LogP contribution in [0.3, 0.4) is 0 Å². The van der Waals surface area contributed by atoms with Crippen LogP contribution >= 0.6 is 0 Å². The molecule has 0 aliphatic heterocycles. The van der Waals surface area contributed by atoms with Crippen LogP contribution < -0.4 is 0 Å². The minimum absolute atomic E-state index is 0.290. The van der Waals surface area contributed by atoms with E-state index in [1.165, 1.54) is 25.7 Å². The van der Waals surface area contributed by atoms with Crippen LogP contribution in [0, 0.1) is 0 Å². The fraction of sp³-hybridized carbons (Fsp3) is 0.550. The molecule has 0 aromatic carbocycles. The van der Waals surface area contributed by atoms with Crippen molar-refractivity contribution in [3.63, 3.8) is 0 Å². The maximum Gasteiger partial charge on any atom is 0.342 e. The van der Waals surface area contributed by atoms with Gasteiger partial charge in [0, 0.05) is 6.42 Å². The molecule has 0 fully saturated rings. The van der Waals surface area contributed by atoms with Crippen molar-refractivity contribution < 1.29 is 14.9 Å². The Balaban J connectivity index is 3.44. The zero-order valence-corrected chi connectivity index (χ0v) is 14.5. The molecule has 0 atom stereocenters. The highest BCUT2D eigenvalue weighted by Gasteiger charge is 1.99. The molecule has 1 N–H and O–H groups in total. The Morgan fingerprint density at radius 3 is 2.26 bits per heavy atom. The highest BCUT2D eigenvalue weighted by Crippen LogP contribution is 2.04. The average Bonchev–Trinajstić information content (AvgIpc) is 2.57. The number of carbonyl (C=O) groups is 1. The number of allylic oxidation sites excluding steroid dienone is 8. The van der Waals surface area contributed by atoms with Crippen LogP contribution in [-0.4, -0.2) is 11.2 Å². The van der Waals surface area contributed by atoms with Crippen molar-refractivity contribution in [2.24, 2.45) is 0 Å². The fourth-order valence-corrected chi connectivity index (χ4v) is 2.02. The first-order valence-corrected chi connectivity index (χ1v) is 8.78. The van der Waals surface area contributed by atoms with Crippen LogP contribution in [0.15, 0.2) is 48.6 Å². The standard InChI is InChI=1S/C20H32O3/c1-2-3-4-5-6-7-8-9-10-11-12-13-14-15-16-17-18-19-20(21)23-22/h6-7,9-14,22H,2-5,8,15-19H2,1H3/b7-6-,10-9+,12-11?,14-13?. The second-order valence-corrected chi connectivity index (χ2v) is 5.51. The molecule has 3 heteroatoms. The largest absolute Gasteiger partial charge is 0.342 e. The summed E-state index contributed by atoms with van der Waals surface area (Å²) in [4.78, 5) is 14.3. The molecular formula is C20H32O3. The van der Waals surface area contributed by atoms with E-state index in [1.54, 1.807) is 0 Å². The molecule has 3 nitrogen and oxygen atoms in total. The SMILES string of the molecule is CCCCC/C=C\C/C=C/C=CC=CCCCCCC(=O)OO. The summed E-state index contributed by atoms with van der Waals surface area (Å²) >= 11 is 0. The maximum absolute atomic E-state index is 10.7. The molecule has 0 saturated heterocycles. The third-order valence-corrected chi connectivity index (χ3v) is 3.37. The van der Waals surface area contributed by atoms with Crippen LogP contribution in [0.25, 0.3) is 0 Å². The van der Waals surface area contributed by atoms with Gasteiger partial charge in [0.25, 0.3) is 0 Å². The minimum atomic E-state index is -0.550. The van der Waals surface area contributed by atoms with Gasteiger partial charge in [0.1, 0.15) is 0 Å². The second kappa shape index (κ2) is 18.4. The second-order valence-electron chi connectivity index (χ2n) is 5.51. The van der Waals surface area contributed by atoms with Crippen LogP contribution in [0.5, 0.6) is 0 Å². The van der Waals surface area contributed by atoms with E-state index in [-0.39, 0.29) is 6.42 Å². The van der Waals surface area contributed by atoms with E-state index < -0.39 is 5.97 Å². The Morgan fingerprint density at radius 2 is 1.52 bits per heavy atom. The minimum Gasteiger partial charge on any atom is -0.301 e. The molecule has 0 aromatic heterocycles. The van der Waals surface area contributed by atoms with Gasteiger partial charge in [0.05, 0.1) is 0 Å². The van der Waals surface area contributed by atoms with Crippen molar-refractivity contribution in [2.75, 3.05) is 0 Å². The van der Waals surface area contributed by atoms with Crippen molar-refractivity contribution >= 4 is 5.97 Å². The Hall–Kier alpha value is -1.61. The quantitative estimate of drug-likeness (QED) is 0.137. The van der Waals surface area contributed by atoms with Gasteiger partial charge in [-0.2, -0.15) is 5.26 Å². The summed E-state index contributed by atoms with van der Waals surface area (Å²) in [5.74, 6) is -0.550. The van der Waals surface area contributed by atoms with Crippen molar-refractivity contribution in [2.45, 2.75) is 71.1 Å². The summed E-state index contributed by atoms with van der Waals surface area (Å²) < 4.78 is 0. The smallest absolute Gasteiger partial charge is 0.301 e. The highest BCUT2D eigenvalue weighted by molar-refractivity contribution is 5.68. The molecule has 0 spiro atoms. The first-order chi connectivity index (χ1) is 11.3. The Kier molecular flexibility index (Phi) is 17.1. The molecule has 0 unspecified atom stereocenters. The summed E-state index contributed by atoms with van der Waals surface area (Å²) in [5.41, 5.74) is 0. The van der Waals surface area contributed by atoms with E-state index >= 15 is 0 Å². The van der Waals surface area contributed by atoms with Gasteiger partial charge in [-0.15, -0.1) is 0 Å². The average molecular weight is 320 g/mol. The van der Waals surface area contributed by atoms with Gasteiger partial charge >= 0.3 is 5.97 Å². The summed E-state index contributed by atoms with van der Waals surface area (Å²) in [6.45, 7) is 2.23. The lowest BCUT2D eigenvalue weighted by Gasteiger charge is -1.96. The van der Waals surface area contributed by atoms with Crippen LogP contribution in [-0.2, 0) is 9.68 Å². The third-order valence-electron chi connectivity index (χ3n) is 3.37. The Morgan fingerprint density at radius 1 is 0.826 bits per heavy atom. The third kappa shape index (κ3) is 18.3. The summed E-state index contributed by atoms with van der Waals surface area (Å²) in [6.07, 6.45) is 27.1. The number of carbonyl (C=O) groups excluding carboxylic acids is 1. The van der Waals surface area contributed by atoms with Crippen molar-refractivity contribution in [3.8, 4) is 0 Å². The predicted molar refractivity (Wildman–Crippen MR) is 97.1 cm³/mol. The molecule has 0 radical (unpaired) electrons. The summed E-state index contributed by atoms with van der Waals surface area (Å²) in [7, 11) is 0. The molecule has 0 amide bonds. The normalized spacial score (nSPS) is 12.3. The van der Waals surface area contributed by atoms with Gasteiger partial charge in [-0.05, 0) is 38.5 Å². The van der Waals surface area contributed by atoms with Crippen LogP contribution in [0.4, 0.5) is 0 Å². The van der Waals surface area contributed by atoms with E-state index in [1.807, 2.05) is 18.2 Å². The van der Waals surface area contributed by atoms with Crippen LogP contribution in [0.1, 0.15) is 71.1 Å². The molecule has 0 rings (SSSR count). The Labute approximate surface area is 141 Å². The lowest BCUT2D eigenvalue weighted by atomic mass is 10.1. The number of hydrogen-bond donors (Lipinski definition) is 1. The monoisotopic (exact) mass is 320 g/mol. The molecule has 0 aliphatic carbocycles. The fourth-order valence-electron chi connectivity index (χ4n) is 2.02. The molecule has 23 heavy (non-hydrogen) atoms. The van der Waals surface area contributed by atoms with E-state index in [9.17, 15) is 4.79 Å². The first kappa shape index (κ1) is 21.4. The lowest BCUT2D eigenvalue weighted by molar-refractivity contribution is -0.234. The summed E-state index contributed by atoms with van der Waals surface area (Å²) in [5, 5.41) is 8.09. The molecular weight excluding hydrogens is 288 g/mol. The zero-order chi connectivity index (χ0) is 17.0. The van der Waals surface area contributed by atoms with E-state index in [2.05, 4.69) is 42.2 Å². The van der Waals surface area contributed by atoms with E-state index in [0.29, 0.717) is 0 Å². The molecule has 0 aliphatic rings. The van der Waals surface area contributed by atoms with Gasteiger partial charge in [0.15, 0.2) is 0 Å². The highest BCUT2D eigenvalue weighted by atomic mass is 17.1. The molecule has 0 bridgehead atoms. The van der Waals surface area contributed by atoms with Gasteiger partial charge < -0.3 is 4.89 Å². The Bertz CT molecular complexity index is 378. The van der Waals surface area contributed by atoms with Crippen molar-refractivity contribution in [1.82, 2.24) is 0 Å². The lowest BCUT2D eigenvalue weighted by Crippen LogP contribution is -1.99. The number of unbranched alkanes of at least 4 members (excludes halogenated alkanes) is 6. The predicted octanol–water partition coefficient (Wildman–Crippen LogP) is 6.15. The van der Waals surface area contributed by atoms with Crippen molar-refractivity contribution in [3.05, 3.63) is 48.6 Å². The van der Waals surface area contributed by atoms with Gasteiger partial charge in [-0.3, -0.25) is 0 Å². The van der Waals surface area contributed by atoms with Crippen LogP contribution in [0.2, 0.25) is 0 Å². The van der Waals surface area contributed by atoms with Gasteiger partial charge in [-0.25, -0.2) is 4.79 Å². The number of rotatable bonds is 14. The van der Waals surface area contributed by atoms with E-state index in [4.69, 9.17) is 5.26 Å². The first-order valence-electron chi connectivity index (χ1n) is 8.78. The zero-order valence-electron chi connectivity index (χ0n) is 14.5. The van der Waals surface area contributed by atoms with Crippen molar-refractivity contribution in [1.29, 1.82) is 0 Å². The molecule has 0 heterocycles. The molecule has 130 valence electrons. The molecule has 0 aromatic rings. The molecule has 0 saturated carbocycles. The van der Waals surface area contributed by atoms with E-state index in [0.717, 1.165) is 32.1 Å². The summed E-state index contributed by atoms with van der Waals surface area (Å²) in [6, 6.07) is 0. The van der Waals surface area contributed by atoms with Gasteiger partial charge in [0.2, 0.25) is 0 Å². The maximum atomic E-state index is 10.7. The van der Waals surface area contributed by atoms with Gasteiger partial charge in [-0.1, -0.05) is 74.8 Å². The topological polar surface area (TPSA) is 46.5 Å². The number of hydrogen-bond acceptors (Lipinski definition) is 3.